The average Bonchev–Trinajstić information content (AvgIpc) is 3.53. The number of anilines is 4. The van der Waals surface area contributed by atoms with E-state index < -0.39 is 21.6 Å². The predicted molar refractivity (Wildman–Crippen MR) is 158 cm³/mol. The van der Waals surface area contributed by atoms with Crippen molar-refractivity contribution in [3.8, 4) is 5.75 Å². The fourth-order valence-corrected chi connectivity index (χ4v) is 7.78. The van der Waals surface area contributed by atoms with Crippen LogP contribution in [0.25, 0.3) is 0 Å². The first-order valence-electron chi connectivity index (χ1n) is 13.5. The lowest BCUT2D eigenvalue weighted by molar-refractivity contribution is -0.00272. The van der Waals surface area contributed by atoms with Crippen LogP contribution in [0.15, 0.2) is 47.6 Å². The number of fused-ring (bicyclic) bond motifs is 2. The number of halogens is 1. The SMILES string of the molecule is COc1cc(N2CC3(CN(C)C3)C2)c(F)cc1C1(N)N=C(Nc2cccc3c2N(S(C)(=O)=O)CC3)c2cc[nH]c2N1. The molecule has 4 aliphatic heterocycles. The summed E-state index contributed by atoms with van der Waals surface area (Å²) < 4.78 is 47.9. The van der Waals surface area contributed by atoms with Crippen molar-refractivity contribution in [2.45, 2.75) is 12.2 Å². The van der Waals surface area contributed by atoms with E-state index in [-0.39, 0.29) is 5.41 Å². The van der Waals surface area contributed by atoms with Gasteiger partial charge in [0.1, 0.15) is 23.2 Å². The lowest BCUT2D eigenvalue weighted by atomic mass is 9.73. The maximum atomic E-state index is 15.7. The average molecular weight is 581 g/mol. The number of ether oxygens (including phenoxy) is 1. The zero-order chi connectivity index (χ0) is 28.7. The van der Waals surface area contributed by atoms with Gasteiger partial charge in [-0.1, -0.05) is 12.1 Å². The molecule has 11 nitrogen and oxygen atoms in total. The lowest BCUT2D eigenvalue weighted by Gasteiger charge is -2.60. The van der Waals surface area contributed by atoms with E-state index >= 15 is 4.39 Å². The Bertz CT molecular complexity index is 1690. The van der Waals surface area contributed by atoms with Crippen molar-refractivity contribution in [3.63, 3.8) is 0 Å². The molecule has 2 saturated heterocycles. The van der Waals surface area contributed by atoms with Crippen molar-refractivity contribution in [2.24, 2.45) is 16.1 Å². The van der Waals surface area contributed by atoms with Crippen LogP contribution in [0.5, 0.6) is 5.75 Å². The fourth-order valence-electron chi connectivity index (χ4n) is 6.81. The topological polar surface area (TPSA) is 131 Å². The van der Waals surface area contributed by atoms with Crippen LogP contribution < -0.4 is 30.3 Å². The van der Waals surface area contributed by atoms with Crippen molar-refractivity contribution >= 4 is 38.7 Å². The number of nitrogens with one attached hydrogen (secondary N) is 3. The maximum absolute atomic E-state index is 15.7. The molecular formula is C28H33FN8O3S. The number of hydrogen-bond donors (Lipinski definition) is 4. The number of hydrogen-bond acceptors (Lipinski definition) is 9. The molecule has 5 N–H and O–H groups in total. The number of sulfonamides is 1. The van der Waals surface area contributed by atoms with Gasteiger partial charge in [-0.2, -0.15) is 0 Å². The first-order chi connectivity index (χ1) is 19.5. The van der Waals surface area contributed by atoms with Gasteiger partial charge in [0.25, 0.3) is 0 Å². The maximum Gasteiger partial charge on any atom is 0.232 e. The molecule has 3 aromatic rings. The van der Waals surface area contributed by atoms with Crippen molar-refractivity contribution in [1.29, 1.82) is 0 Å². The highest BCUT2D eigenvalue weighted by atomic mass is 32.2. The number of nitrogens with zero attached hydrogens (tertiary/aromatic N) is 4. The number of H-pyrrole nitrogens is 1. The van der Waals surface area contributed by atoms with E-state index in [1.807, 2.05) is 29.2 Å². The third-order valence-electron chi connectivity index (χ3n) is 8.50. The molecule has 13 heteroatoms. The summed E-state index contributed by atoms with van der Waals surface area (Å²) in [4.78, 5) is 12.3. The summed E-state index contributed by atoms with van der Waals surface area (Å²) in [5.74, 6) is -0.595. The first-order valence-corrected chi connectivity index (χ1v) is 15.4. The highest BCUT2D eigenvalue weighted by molar-refractivity contribution is 7.92. The van der Waals surface area contributed by atoms with Gasteiger partial charge in [0.2, 0.25) is 15.8 Å². The molecule has 0 saturated carbocycles. The second-order valence-electron chi connectivity index (χ2n) is 11.7. The van der Waals surface area contributed by atoms with E-state index in [4.69, 9.17) is 15.5 Å². The normalized spacial score (nSPS) is 22.8. The van der Waals surface area contributed by atoms with Crippen LogP contribution in [0.3, 0.4) is 0 Å². The molecule has 1 aromatic heterocycles. The highest BCUT2D eigenvalue weighted by Crippen LogP contribution is 2.45. The van der Waals surface area contributed by atoms with Gasteiger partial charge in [-0.15, -0.1) is 0 Å². The number of aliphatic imine (C=N–C) groups is 1. The summed E-state index contributed by atoms with van der Waals surface area (Å²) in [7, 11) is 0.143. The largest absolute Gasteiger partial charge is 0.496 e. The molecule has 1 spiro atoms. The fraction of sp³-hybridized carbons (Fsp3) is 0.393. The summed E-state index contributed by atoms with van der Waals surface area (Å²) in [6, 6.07) is 10.5. The van der Waals surface area contributed by atoms with E-state index in [0.717, 1.165) is 31.7 Å². The zero-order valence-corrected chi connectivity index (χ0v) is 24.0. The summed E-state index contributed by atoms with van der Waals surface area (Å²) in [6.07, 6.45) is 3.56. The molecule has 0 aliphatic carbocycles. The van der Waals surface area contributed by atoms with Crippen molar-refractivity contribution in [3.05, 3.63) is 65.1 Å². The monoisotopic (exact) mass is 580 g/mol. The molecule has 7 rings (SSSR count). The van der Waals surface area contributed by atoms with Crippen LogP contribution in [-0.2, 0) is 22.2 Å². The molecule has 1 atom stereocenters. The Morgan fingerprint density at radius 3 is 2.66 bits per heavy atom. The predicted octanol–water partition coefficient (Wildman–Crippen LogP) is 2.29. The van der Waals surface area contributed by atoms with E-state index in [0.29, 0.717) is 58.6 Å². The van der Waals surface area contributed by atoms with E-state index in [1.165, 1.54) is 23.7 Å². The van der Waals surface area contributed by atoms with Gasteiger partial charge in [0.15, 0.2) is 0 Å². The van der Waals surface area contributed by atoms with Crippen molar-refractivity contribution < 1.29 is 17.5 Å². The molecule has 2 aromatic carbocycles. The summed E-state index contributed by atoms with van der Waals surface area (Å²) in [6.45, 7) is 4.01. The molecule has 2 fully saturated rings. The van der Waals surface area contributed by atoms with Gasteiger partial charge in [-0.25, -0.2) is 17.8 Å². The standard InChI is InChI=1S/C28H33FN8O3S/c1-35-13-27(14-35)15-36(16-27)22-12-23(40-2)19(11-20(22)29)28(30)33-25-18(7-9-31-25)26(34-28)32-21-6-4-5-17-8-10-37(24(17)21)41(3,38)39/h4-7,9,11-12,31,33H,8,10,13-16,30H2,1-3H3,(H,32,34). The number of amidine groups is 1. The molecular weight excluding hydrogens is 547 g/mol. The van der Waals surface area contributed by atoms with Crippen LogP contribution in [0.4, 0.5) is 27.3 Å². The van der Waals surface area contributed by atoms with Crippen LogP contribution >= 0.6 is 0 Å². The van der Waals surface area contributed by atoms with Crippen molar-refractivity contribution in [2.75, 3.05) is 73.0 Å². The van der Waals surface area contributed by atoms with E-state index in [9.17, 15) is 8.42 Å². The second-order valence-corrected chi connectivity index (χ2v) is 13.6. The molecule has 1 unspecified atom stereocenters. The minimum Gasteiger partial charge on any atom is -0.496 e. The van der Waals surface area contributed by atoms with Gasteiger partial charge in [-0.05, 0) is 37.2 Å². The number of rotatable bonds is 5. The zero-order valence-electron chi connectivity index (χ0n) is 23.2. The van der Waals surface area contributed by atoms with Crippen molar-refractivity contribution in [1.82, 2.24) is 9.88 Å². The Labute approximate surface area is 238 Å². The van der Waals surface area contributed by atoms with Crippen LogP contribution in [-0.4, -0.2) is 77.3 Å². The van der Waals surface area contributed by atoms with Crippen LogP contribution in [0.2, 0.25) is 0 Å². The Morgan fingerprint density at radius 2 is 1.95 bits per heavy atom. The van der Waals surface area contributed by atoms with Gasteiger partial charge < -0.3 is 30.2 Å². The lowest BCUT2D eigenvalue weighted by Crippen LogP contribution is -2.71. The Balaban J connectivity index is 1.26. The third-order valence-corrected chi connectivity index (χ3v) is 9.66. The summed E-state index contributed by atoms with van der Waals surface area (Å²) in [5, 5.41) is 6.54. The highest BCUT2D eigenvalue weighted by Gasteiger charge is 2.51. The molecule has 41 heavy (non-hydrogen) atoms. The number of aromatic nitrogens is 1. The summed E-state index contributed by atoms with van der Waals surface area (Å²) >= 11 is 0. The van der Waals surface area contributed by atoms with Gasteiger partial charge in [-0.3, -0.25) is 10.0 Å². The molecule has 0 amide bonds. The number of para-hydroxylation sites is 1. The molecule has 5 heterocycles. The van der Waals surface area contributed by atoms with Crippen LogP contribution in [0.1, 0.15) is 16.7 Å². The smallest absolute Gasteiger partial charge is 0.232 e. The van der Waals surface area contributed by atoms with E-state index in [1.54, 1.807) is 12.3 Å². The Morgan fingerprint density at radius 1 is 1.17 bits per heavy atom. The van der Waals surface area contributed by atoms with Crippen LogP contribution in [0, 0.1) is 11.2 Å². The Hall–Kier alpha value is -3.81. The molecule has 0 radical (unpaired) electrons. The van der Waals surface area contributed by atoms with Gasteiger partial charge in [0, 0.05) is 50.4 Å². The third kappa shape index (κ3) is 4.13. The second kappa shape index (κ2) is 8.84. The first kappa shape index (κ1) is 26.1. The molecule has 4 aliphatic rings. The number of nitrogens with two attached hydrogens (primary N) is 1. The number of likely N-dealkylation sites (tertiary alicyclic amines) is 1. The van der Waals surface area contributed by atoms with E-state index in [2.05, 4.69) is 27.6 Å². The molecule has 0 bridgehead atoms. The summed E-state index contributed by atoms with van der Waals surface area (Å²) in [5.41, 5.74) is 10.7. The number of methoxy groups -OCH3 is 1. The minimum atomic E-state index is -3.48. The van der Waals surface area contributed by atoms with Gasteiger partial charge in [0.05, 0.1) is 41.6 Å². The Kier molecular flexibility index (Phi) is 5.63. The van der Waals surface area contributed by atoms with Gasteiger partial charge >= 0.3 is 0 Å². The minimum absolute atomic E-state index is 0.242. The number of benzene rings is 2. The quantitative estimate of drug-likeness (QED) is 0.362. The number of aromatic amines is 1. The molecule has 216 valence electrons.